The number of phenols is 1. The number of carboxylic acid groups (broad SMARTS) is 1. The van der Waals surface area contributed by atoms with Crippen LogP contribution in [-0.4, -0.2) is 16.2 Å². The molecule has 0 amide bonds. The Bertz CT molecular complexity index is 475. The average molecular weight is 248 g/mol. The zero-order chi connectivity index (χ0) is 13.3. The number of rotatable bonds is 3. The number of phenolic OH excluding ortho intramolecular Hbond substituents is 1. The summed E-state index contributed by atoms with van der Waals surface area (Å²) in [5, 5.41) is 19.3. The van der Waals surface area contributed by atoms with Gasteiger partial charge in [-0.1, -0.05) is 26.0 Å². The van der Waals surface area contributed by atoms with Gasteiger partial charge < -0.3 is 10.2 Å². The van der Waals surface area contributed by atoms with Crippen LogP contribution in [0.1, 0.15) is 49.8 Å². The average Bonchev–Trinajstić information content (AvgIpc) is 2.27. The van der Waals surface area contributed by atoms with Crippen LogP contribution in [0.3, 0.4) is 0 Å². The normalized spacial score (nSPS) is 15.2. The molecule has 2 N–H and O–H groups in total. The van der Waals surface area contributed by atoms with Gasteiger partial charge in [0.05, 0.1) is 6.42 Å². The van der Waals surface area contributed by atoms with Gasteiger partial charge in [0.25, 0.3) is 0 Å². The molecule has 3 heteroatoms. The molecule has 3 nitrogen and oxygen atoms in total. The van der Waals surface area contributed by atoms with Crippen LogP contribution in [-0.2, 0) is 23.1 Å². The number of hydrogen-bond donors (Lipinski definition) is 2. The van der Waals surface area contributed by atoms with E-state index in [1.54, 1.807) is 0 Å². The van der Waals surface area contributed by atoms with Crippen LogP contribution in [0.25, 0.3) is 0 Å². The van der Waals surface area contributed by atoms with Gasteiger partial charge in [-0.05, 0) is 36.8 Å². The summed E-state index contributed by atoms with van der Waals surface area (Å²) in [7, 11) is 0. The van der Waals surface area contributed by atoms with Crippen molar-refractivity contribution in [1.29, 1.82) is 0 Å². The van der Waals surface area contributed by atoms with Crippen molar-refractivity contribution >= 4 is 5.97 Å². The van der Waals surface area contributed by atoms with Gasteiger partial charge in [0.15, 0.2) is 0 Å². The fourth-order valence-corrected chi connectivity index (χ4v) is 2.83. The van der Waals surface area contributed by atoms with E-state index in [0.29, 0.717) is 5.75 Å². The number of aromatic hydroxyl groups is 1. The topological polar surface area (TPSA) is 57.5 Å². The molecule has 0 saturated carbocycles. The fraction of sp³-hybridized carbons (Fsp3) is 0.533. The Balaban J connectivity index is 2.43. The second-order valence-corrected chi connectivity index (χ2v) is 5.76. The van der Waals surface area contributed by atoms with E-state index in [0.717, 1.165) is 30.4 Å². The van der Waals surface area contributed by atoms with Crippen molar-refractivity contribution < 1.29 is 15.0 Å². The van der Waals surface area contributed by atoms with E-state index in [-0.39, 0.29) is 6.42 Å². The molecule has 0 spiro atoms. The van der Waals surface area contributed by atoms with Crippen molar-refractivity contribution in [3.63, 3.8) is 0 Å². The molecule has 1 aromatic rings. The van der Waals surface area contributed by atoms with Crippen LogP contribution in [0.4, 0.5) is 0 Å². The molecule has 1 aliphatic rings. The number of fused-ring (bicyclic) bond motifs is 1. The van der Waals surface area contributed by atoms with E-state index in [2.05, 4.69) is 0 Å². The molecule has 0 atom stereocenters. The van der Waals surface area contributed by atoms with E-state index >= 15 is 0 Å². The highest BCUT2D eigenvalue weighted by Crippen LogP contribution is 2.39. The number of benzene rings is 1. The third-order valence-electron chi connectivity index (χ3n) is 3.82. The Morgan fingerprint density at radius 2 is 1.94 bits per heavy atom. The molecule has 98 valence electrons. The number of carbonyl (C=O) groups is 1. The van der Waals surface area contributed by atoms with Crippen LogP contribution < -0.4 is 0 Å². The molecular weight excluding hydrogens is 228 g/mol. The SMILES string of the molecule is CC(C)(CC(=O)O)c1ccc2c(c1O)CCCC2. The largest absolute Gasteiger partial charge is 0.507 e. The molecule has 1 aliphatic carbocycles. The van der Waals surface area contributed by atoms with E-state index in [9.17, 15) is 9.90 Å². The predicted molar refractivity (Wildman–Crippen MR) is 70.0 cm³/mol. The summed E-state index contributed by atoms with van der Waals surface area (Å²) in [5.74, 6) is -0.518. The van der Waals surface area contributed by atoms with Crippen molar-refractivity contribution in [2.24, 2.45) is 0 Å². The summed E-state index contributed by atoms with van der Waals surface area (Å²) >= 11 is 0. The lowest BCUT2D eigenvalue weighted by Gasteiger charge is -2.27. The second-order valence-electron chi connectivity index (χ2n) is 5.76. The van der Waals surface area contributed by atoms with Gasteiger partial charge in [-0.25, -0.2) is 0 Å². The van der Waals surface area contributed by atoms with Crippen molar-refractivity contribution in [3.8, 4) is 5.75 Å². The highest BCUT2D eigenvalue weighted by atomic mass is 16.4. The lowest BCUT2D eigenvalue weighted by Crippen LogP contribution is -2.22. The summed E-state index contributed by atoms with van der Waals surface area (Å²) in [6.07, 6.45) is 4.22. The van der Waals surface area contributed by atoms with Crippen LogP contribution >= 0.6 is 0 Å². The monoisotopic (exact) mass is 248 g/mol. The van der Waals surface area contributed by atoms with Crippen molar-refractivity contribution in [2.75, 3.05) is 0 Å². The maximum atomic E-state index is 10.9. The smallest absolute Gasteiger partial charge is 0.304 e. The van der Waals surface area contributed by atoms with Crippen LogP contribution in [0.15, 0.2) is 12.1 Å². The van der Waals surface area contributed by atoms with E-state index in [1.807, 2.05) is 26.0 Å². The highest BCUT2D eigenvalue weighted by Gasteiger charge is 2.29. The Morgan fingerprint density at radius 3 is 2.61 bits per heavy atom. The van der Waals surface area contributed by atoms with Crippen LogP contribution in [0, 0.1) is 0 Å². The molecule has 0 fully saturated rings. The van der Waals surface area contributed by atoms with Gasteiger partial charge in [-0.15, -0.1) is 0 Å². The minimum Gasteiger partial charge on any atom is -0.507 e. The summed E-state index contributed by atoms with van der Waals surface area (Å²) < 4.78 is 0. The van der Waals surface area contributed by atoms with E-state index < -0.39 is 11.4 Å². The van der Waals surface area contributed by atoms with Crippen molar-refractivity contribution in [1.82, 2.24) is 0 Å². The molecule has 1 aromatic carbocycles. The van der Waals surface area contributed by atoms with Gasteiger partial charge in [0, 0.05) is 11.0 Å². The maximum absolute atomic E-state index is 10.9. The number of aryl methyl sites for hydroxylation is 1. The van der Waals surface area contributed by atoms with Gasteiger partial charge >= 0.3 is 5.97 Å². The first kappa shape index (κ1) is 12.9. The third kappa shape index (κ3) is 2.35. The molecule has 18 heavy (non-hydrogen) atoms. The Kier molecular flexibility index (Phi) is 3.33. The number of hydrogen-bond acceptors (Lipinski definition) is 2. The second kappa shape index (κ2) is 4.63. The highest BCUT2D eigenvalue weighted by molar-refractivity contribution is 5.69. The van der Waals surface area contributed by atoms with Gasteiger partial charge in [0.1, 0.15) is 5.75 Å². The lowest BCUT2D eigenvalue weighted by molar-refractivity contribution is -0.138. The third-order valence-corrected chi connectivity index (χ3v) is 3.82. The molecule has 0 bridgehead atoms. The first-order valence-corrected chi connectivity index (χ1v) is 6.48. The van der Waals surface area contributed by atoms with E-state index in [1.165, 1.54) is 12.0 Å². The van der Waals surface area contributed by atoms with Crippen LogP contribution in [0.2, 0.25) is 0 Å². The minimum atomic E-state index is -0.836. The minimum absolute atomic E-state index is 0.0271. The Labute approximate surface area is 107 Å². The zero-order valence-electron chi connectivity index (χ0n) is 11.0. The van der Waals surface area contributed by atoms with Gasteiger partial charge in [-0.3, -0.25) is 4.79 Å². The standard InChI is InChI=1S/C15H20O3/c1-15(2,9-13(16)17)12-8-7-10-5-3-4-6-11(10)14(12)18/h7-8,18H,3-6,9H2,1-2H3,(H,16,17). The summed E-state index contributed by atoms with van der Waals surface area (Å²) in [4.78, 5) is 10.9. The summed E-state index contributed by atoms with van der Waals surface area (Å²) in [6, 6.07) is 3.94. The maximum Gasteiger partial charge on any atom is 0.304 e. The number of aliphatic carboxylic acids is 1. The van der Waals surface area contributed by atoms with Gasteiger partial charge in [0.2, 0.25) is 0 Å². The lowest BCUT2D eigenvalue weighted by atomic mass is 9.78. The van der Waals surface area contributed by atoms with E-state index in [4.69, 9.17) is 5.11 Å². The molecule has 0 unspecified atom stereocenters. The molecule has 0 aromatic heterocycles. The summed E-state index contributed by atoms with van der Waals surface area (Å²) in [6.45, 7) is 3.73. The van der Waals surface area contributed by atoms with Crippen molar-refractivity contribution in [3.05, 3.63) is 28.8 Å². The Hall–Kier alpha value is -1.51. The van der Waals surface area contributed by atoms with Crippen LogP contribution in [0.5, 0.6) is 5.75 Å². The molecule has 0 radical (unpaired) electrons. The zero-order valence-corrected chi connectivity index (χ0v) is 11.0. The molecule has 0 aliphatic heterocycles. The Morgan fingerprint density at radius 1 is 1.28 bits per heavy atom. The molecular formula is C15H20O3. The number of carboxylic acids is 1. The first-order chi connectivity index (χ1) is 8.42. The van der Waals surface area contributed by atoms with Crippen molar-refractivity contribution in [2.45, 2.75) is 51.4 Å². The fourth-order valence-electron chi connectivity index (χ4n) is 2.83. The summed E-state index contributed by atoms with van der Waals surface area (Å²) in [5.41, 5.74) is 2.46. The molecule has 0 saturated heterocycles. The molecule has 0 heterocycles. The molecule has 2 rings (SSSR count). The van der Waals surface area contributed by atoms with Gasteiger partial charge in [-0.2, -0.15) is 0 Å². The quantitative estimate of drug-likeness (QED) is 0.864. The predicted octanol–water partition coefficient (Wildman–Crippen LogP) is 3.02. The first-order valence-electron chi connectivity index (χ1n) is 6.48.